The van der Waals surface area contributed by atoms with Gasteiger partial charge in [0.1, 0.15) is 5.54 Å². The Morgan fingerprint density at radius 1 is 1.13 bits per heavy atom. The second-order valence-electron chi connectivity index (χ2n) is 5.38. The Balaban J connectivity index is 4.53. The molecule has 1 amide bonds. The highest BCUT2D eigenvalue weighted by Gasteiger charge is 2.34. The van der Waals surface area contributed by atoms with E-state index in [1.807, 2.05) is 20.8 Å². The van der Waals surface area contributed by atoms with E-state index in [4.69, 9.17) is 5.11 Å². The molecule has 0 aromatic rings. The van der Waals surface area contributed by atoms with Crippen LogP contribution in [0.5, 0.6) is 0 Å². The fourth-order valence-corrected chi connectivity index (χ4v) is 1.24. The molecular formula is C11H21NO3. The van der Waals surface area contributed by atoms with Crippen molar-refractivity contribution in [3.8, 4) is 0 Å². The summed E-state index contributed by atoms with van der Waals surface area (Å²) in [4.78, 5) is 22.0. The summed E-state index contributed by atoms with van der Waals surface area (Å²) in [6.45, 7) is 9.01. The van der Waals surface area contributed by atoms with Crippen molar-refractivity contribution in [3.63, 3.8) is 0 Å². The molecule has 0 bridgehead atoms. The van der Waals surface area contributed by atoms with Gasteiger partial charge in [-0.15, -0.1) is 0 Å². The lowest BCUT2D eigenvalue weighted by atomic mass is 9.84. The van der Waals surface area contributed by atoms with Gasteiger partial charge < -0.3 is 10.4 Å². The fraction of sp³-hybridized carbons (Fsp3) is 0.818. The first kappa shape index (κ1) is 13.9. The van der Waals surface area contributed by atoms with Crippen molar-refractivity contribution in [2.24, 2.45) is 5.41 Å². The third-order valence-corrected chi connectivity index (χ3v) is 2.30. The zero-order valence-corrected chi connectivity index (χ0v) is 10.2. The van der Waals surface area contributed by atoms with Crippen molar-refractivity contribution in [2.45, 2.75) is 53.0 Å². The van der Waals surface area contributed by atoms with Crippen LogP contribution in [-0.4, -0.2) is 22.5 Å². The Morgan fingerprint density at radius 3 is 1.87 bits per heavy atom. The third kappa shape index (κ3) is 5.40. The molecule has 0 aromatic carbocycles. The van der Waals surface area contributed by atoms with E-state index < -0.39 is 11.5 Å². The first-order valence-corrected chi connectivity index (χ1v) is 5.09. The molecule has 0 saturated carbocycles. The van der Waals surface area contributed by atoms with Crippen molar-refractivity contribution in [3.05, 3.63) is 0 Å². The van der Waals surface area contributed by atoms with Gasteiger partial charge in [-0.1, -0.05) is 20.8 Å². The van der Waals surface area contributed by atoms with Gasteiger partial charge >= 0.3 is 5.97 Å². The van der Waals surface area contributed by atoms with E-state index >= 15 is 0 Å². The summed E-state index contributed by atoms with van der Waals surface area (Å²) in [5.74, 6) is -1.30. The van der Waals surface area contributed by atoms with Crippen molar-refractivity contribution in [1.82, 2.24) is 5.32 Å². The van der Waals surface area contributed by atoms with Crippen LogP contribution >= 0.6 is 0 Å². The van der Waals surface area contributed by atoms with Crippen molar-refractivity contribution in [2.75, 3.05) is 0 Å². The molecule has 0 saturated heterocycles. The van der Waals surface area contributed by atoms with Crippen molar-refractivity contribution in [1.29, 1.82) is 0 Å². The van der Waals surface area contributed by atoms with E-state index in [1.165, 1.54) is 6.92 Å². The van der Waals surface area contributed by atoms with Gasteiger partial charge in [-0.3, -0.25) is 4.79 Å². The van der Waals surface area contributed by atoms with Crippen molar-refractivity contribution >= 4 is 11.9 Å². The number of hydrogen-bond acceptors (Lipinski definition) is 2. The minimum Gasteiger partial charge on any atom is -0.480 e. The molecule has 2 N–H and O–H groups in total. The second-order valence-corrected chi connectivity index (χ2v) is 5.38. The Kier molecular flexibility index (Phi) is 4.31. The number of aliphatic carboxylic acids is 1. The monoisotopic (exact) mass is 215 g/mol. The number of amides is 1. The molecule has 0 aliphatic heterocycles. The number of carbonyl (C=O) groups excluding carboxylic acids is 1. The summed E-state index contributed by atoms with van der Waals surface area (Å²) >= 11 is 0. The first-order valence-electron chi connectivity index (χ1n) is 5.09. The molecule has 4 nitrogen and oxygen atoms in total. The molecule has 0 radical (unpaired) electrons. The summed E-state index contributed by atoms with van der Waals surface area (Å²) in [6.07, 6.45) is 1.18. The lowest BCUT2D eigenvalue weighted by molar-refractivity contribution is -0.147. The zero-order valence-electron chi connectivity index (χ0n) is 10.2. The Bertz CT molecular complexity index is 255. The minimum absolute atomic E-state index is 0.0647. The average molecular weight is 215 g/mol. The molecule has 88 valence electrons. The highest BCUT2D eigenvalue weighted by Crippen LogP contribution is 2.25. The quantitative estimate of drug-likeness (QED) is 0.751. The largest absolute Gasteiger partial charge is 0.480 e. The lowest BCUT2D eigenvalue weighted by Gasteiger charge is -2.29. The molecule has 0 fully saturated rings. The SMILES string of the molecule is CC(=O)NC(C)(CCC(C)(C)C)C(=O)O. The van der Waals surface area contributed by atoms with Crippen LogP contribution in [-0.2, 0) is 9.59 Å². The lowest BCUT2D eigenvalue weighted by Crippen LogP contribution is -2.51. The number of rotatable bonds is 4. The number of nitrogens with one attached hydrogen (secondary N) is 1. The van der Waals surface area contributed by atoms with Gasteiger partial charge in [0.15, 0.2) is 0 Å². The van der Waals surface area contributed by atoms with E-state index in [0.717, 1.165) is 6.42 Å². The van der Waals surface area contributed by atoms with Crippen LogP contribution < -0.4 is 5.32 Å². The molecule has 0 aliphatic carbocycles. The number of carboxylic acid groups (broad SMARTS) is 1. The van der Waals surface area contributed by atoms with Gasteiger partial charge in [-0.25, -0.2) is 4.79 Å². The molecule has 0 aromatic heterocycles. The summed E-state index contributed by atoms with van der Waals surface area (Å²) < 4.78 is 0. The summed E-state index contributed by atoms with van der Waals surface area (Å²) in [5, 5.41) is 11.6. The highest BCUT2D eigenvalue weighted by molar-refractivity contribution is 5.85. The van der Waals surface area contributed by atoms with E-state index in [2.05, 4.69) is 5.32 Å². The van der Waals surface area contributed by atoms with Gasteiger partial charge in [0, 0.05) is 6.92 Å². The molecule has 15 heavy (non-hydrogen) atoms. The maximum atomic E-state index is 11.1. The number of hydrogen-bond donors (Lipinski definition) is 2. The molecule has 0 heterocycles. The van der Waals surface area contributed by atoms with Crippen LogP contribution in [0.2, 0.25) is 0 Å². The Labute approximate surface area is 91.1 Å². The van der Waals surface area contributed by atoms with Gasteiger partial charge in [0.2, 0.25) is 5.91 Å². The summed E-state index contributed by atoms with van der Waals surface area (Å²) in [5.41, 5.74) is -1.09. The number of carbonyl (C=O) groups is 2. The molecule has 1 unspecified atom stereocenters. The Morgan fingerprint density at radius 2 is 1.60 bits per heavy atom. The summed E-state index contributed by atoms with van der Waals surface area (Å²) in [7, 11) is 0. The van der Waals surface area contributed by atoms with Gasteiger partial charge in [-0.05, 0) is 25.2 Å². The van der Waals surface area contributed by atoms with Crippen LogP contribution in [0.3, 0.4) is 0 Å². The molecule has 4 heteroatoms. The fourth-order valence-electron chi connectivity index (χ4n) is 1.24. The zero-order chi connectivity index (χ0) is 12.3. The number of carboxylic acids is 1. The van der Waals surface area contributed by atoms with Gasteiger partial charge in [0.05, 0.1) is 0 Å². The normalized spacial score (nSPS) is 15.5. The predicted octanol–water partition coefficient (Wildman–Crippen LogP) is 1.79. The molecule has 0 rings (SSSR count). The van der Waals surface area contributed by atoms with Gasteiger partial charge in [0.25, 0.3) is 0 Å². The maximum Gasteiger partial charge on any atom is 0.329 e. The third-order valence-electron chi connectivity index (χ3n) is 2.30. The standard InChI is InChI=1S/C11H21NO3/c1-8(13)12-11(5,9(14)15)7-6-10(2,3)4/h6-7H2,1-5H3,(H,12,13)(H,14,15). The van der Waals surface area contributed by atoms with E-state index in [-0.39, 0.29) is 11.3 Å². The van der Waals surface area contributed by atoms with E-state index in [0.29, 0.717) is 6.42 Å². The van der Waals surface area contributed by atoms with Crippen LogP contribution in [0.15, 0.2) is 0 Å². The predicted molar refractivity (Wildman–Crippen MR) is 58.5 cm³/mol. The van der Waals surface area contributed by atoms with Crippen LogP contribution in [0.1, 0.15) is 47.5 Å². The average Bonchev–Trinajstić information content (AvgIpc) is 1.98. The molecule has 0 aliphatic rings. The minimum atomic E-state index is -1.15. The molecule has 0 spiro atoms. The first-order chi connectivity index (χ1) is 6.57. The van der Waals surface area contributed by atoms with Crippen molar-refractivity contribution < 1.29 is 14.7 Å². The highest BCUT2D eigenvalue weighted by atomic mass is 16.4. The Hall–Kier alpha value is -1.06. The van der Waals surface area contributed by atoms with Gasteiger partial charge in [-0.2, -0.15) is 0 Å². The second kappa shape index (κ2) is 4.64. The van der Waals surface area contributed by atoms with E-state index in [9.17, 15) is 9.59 Å². The van der Waals surface area contributed by atoms with Crippen LogP contribution in [0.4, 0.5) is 0 Å². The maximum absolute atomic E-state index is 11.1. The molecule has 1 atom stereocenters. The van der Waals surface area contributed by atoms with Crippen LogP contribution in [0.25, 0.3) is 0 Å². The molecular weight excluding hydrogens is 194 g/mol. The summed E-state index contributed by atoms with van der Waals surface area (Å²) in [6, 6.07) is 0. The van der Waals surface area contributed by atoms with Crippen LogP contribution in [0, 0.1) is 5.41 Å². The smallest absolute Gasteiger partial charge is 0.329 e. The topological polar surface area (TPSA) is 66.4 Å². The van der Waals surface area contributed by atoms with E-state index in [1.54, 1.807) is 6.92 Å².